The van der Waals surface area contributed by atoms with Crippen LogP contribution in [-0.2, 0) is 6.54 Å². The molecule has 1 aliphatic heterocycles. The first-order valence-corrected chi connectivity index (χ1v) is 8.26. The predicted octanol–water partition coefficient (Wildman–Crippen LogP) is 4.25. The number of benzene rings is 1. The van der Waals surface area contributed by atoms with Crippen molar-refractivity contribution in [3.05, 3.63) is 70.5 Å². The van der Waals surface area contributed by atoms with E-state index in [-0.39, 0.29) is 0 Å². The number of aromatic nitrogens is 1. The van der Waals surface area contributed by atoms with E-state index in [2.05, 4.69) is 75.8 Å². The van der Waals surface area contributed by atoms with E-state index in [4.69, 9.17) is 0 Å². The number of rotatable bonds is 2. The van der Waals surface area contributed by atoms with Crippen LogP contribution in [0.3, 0.4) is 0 Å². The minimum Gasteiger partial charge on any atom is -0.341 e. The van der Waals surface area contributed by atoms with Crippen molar-refractivity contribution in [1.82, 2.24) is 9.47 Å². The van der Waals surface area contributed by atoms with E-state index >= 15 is 0 Å². The topological polar surface area (TPSA) is 8.17 Å². The SMILES string of the molecule is CN1CCn2c(-c3ccsc3)ccc2[C@H]1c1ccccc1. The molecular weight excluding hydrogens is 276 g/mol. The number of nitrogens with zero attached hydrogens (tertiary/aromatic N) is 2. The van der Waals surface area contributed by atoms with E-state index < -0.39 is 0 Å². The van der Waals surface area contributed by atoms with Crippen LogP contribution in [0.15, 0.2) is 59.3 Å². The van der Waals surface area contributed by atoms with Crippen LogP contribution in [0.4, 0.5) is 0 Å². The Hall–Kier alpha value is -1.84. The third-order valence-electron chi connectivity index (χ3n) is 4.34. The van der Waals surface area contributed by atoms with Crippen molar-refractivity contribution in [2.45, 2.75) is 12.6 Å². The van der Waals surface area contributed by atoms with E-state index in [0.717, 1.165) is 13.1 Å². The number of hydrogen-bond donors (Lipinski definition) is 0. The molecule has 0 bridgehead atoms. The zero-order valence-electron chi connectivity index (χ0n) is 12.1. The Morgan fingerprint density at radius 3 is 2.62 bits per heavy atom. The van der Waals surface area contributed by atoms with Gasteiger partial charge in [-0.25, -0.2) is 0 Å². The van der Waals surface area contributed by atoms with Crippen LogP contribution >= 0.6 is 11.3 Å². The molecule has 3 aromatic rings. The standard InChI is InChI=1S/C18H18N2S/c1-19-10-11-20-16(15-9-12-21-13-15)7-8-17(20)18(19)14-5-3-2-4-6-14/h2-9,12-13,18H,10-11H2,1H3/t18-/m1/s1. The highest BCUT2D eigenvalue weighted by atomic mass is 32.1. The fraction of sp³-hybridized carbons (Fsp3) is 0.222. The molecule has 3 heterocycles. The summed E-state index contributed by atoms with van der Waals surface area (Å²) in [6.45, 7) is 2.14. The number of thiophene rings is 1. The molecule has 2 nitrogen and oxygen atoms in total. The Bertz CT molecular complexity index is 728. The smallest absolute Gasteiger partial charge is 0.0754 e. The zero-order valence-corrected chi connectivity index (χ0v) is 12.9. The van der Waals surface area contributed by atoms with Gasteiger partial charge in [0.25, 0.3) is 0 Å². The molecular formula is C18H18N2S. The molecule has 1 aromatic carbocycles. The van der Waals surface area contributed by atoms with Gasteiger partial charge in [-0.2, -0.15) is 11.3 Å². The maximum Gasteiger partial charge on any atom is 0.0754 e. The van der Waals surface area contributed by atoms with Crippen LogP contribution in [0.5, 0.6) is 0 Å². The van der Waals surface area contributed by atoms with E-state index in [1.165, 1.54) is 22.5 Å². The Morgan fingerprint density at radius 1 is 1.00 bits per heavy atom. The quantitative estimate of drug-likeness (QED) is 0.686. The summed E-state index contributed by atoms with van der Waals surface area (Å²) >= 11 is 1.76. The molecule has 0 radical (unpaired) electrons. The molecule has 1 atom stereocenters. The van der Waals surface area contributed by atoms with Crippen molar-refractivity contribution in [1.29, 1.82) is 0 Å². The van der Waals surface area contributed by atoms with E-state index in [1.807, 2.05) is 0 Å². The molecule has 4 rings (SSSR count). The summed E-state index contributed by atoms with van der Waals surface area (Å²) in [5.41, 5.74) is 5.45. The summed E-state index contributed by atoms with van der Waals surface area (Å²) < 4.78 is 2.49. The third kappa shape index (κ3) is 2.13. The minimum atomic E-state index is 0.354. The molecule has 106 valence electrons. The first-order valence-electron chi connectivity index (χ1n) is 7.32. The first-order chi connectivity index (χ1) is 10.3. The molecule has 1 aliphatic rings. The normalized spacial score (nSPS) is 18.6. The fourth-order valence-electron chi connectivity index (χ4n) is 3.31. The van der Waals surface area contributed by atoms with Gasteiger partial charge in [-0.1, -0.05) is 30.3 Å². The summed E-state index contributed by atoms with van der Waals surface area (Å²) in [5, 5.41) is 4.39. The summed E-state index contributed by atoms with van der Waals surface area (Å²) in [6.07, 6.45) is 0. The molecule has 0 unspecified atom stereocenters. The molecule has 0 saturated carbocycles. The molecule has 0 aliphatic carbocycles. The summed E-state index contributed by atoms with van der Waals surface area (Å²) in [5.74, 6) is 0. The second kappa shape index (κ2) is 5.17. The second-order valence-electron chi connectivity index (χ2n) is 5.60. The Balaban J connectivity index is 1.83. The zero-order chi connectivity index (χ0) is 14.2. The van der Waals surface area contributed by atoms with Gasteiger partial charge < -0.3 is 4.57 Å². The lowest BCUT2D eigenvalue weighted by atomic mass is 10.0. The van der Waals surface area contributed by atoms with Gasteiger partial charge in [-0.15, -0.1) is 0 Å². The maximum atomic E-state index is 2.49. The van der Waals surface area contributed by atoms with Gasteiger partial charge in [-0.3, -0.25) is 4.90 Å². The third-order valence-corrected chi connectivity index (χ3v) is 5.03. The summed E-state index contributed by atoms with van der Waals surface area (Å²) in [6, 6.07) is 17.9. The number of likely N-dealkylation sites (N-methyl/N-ethyl adjacent to an activating group) is 1. The lowest BCUT2D eigenvalue weighted by Crippen LogP contribution is -2.35. The van der Waals surface area contributed by atoms with Gasteiger partial charge in [0, 0.05) is 35.4 Å². The highest BCUT2D eigenvalue weighted by Gasteiger charge is 2.27. The van der Waals surface area contributed by atoms with E-state index in [9.17, 15) is 0 Å². The second-order valence-corrected chi connectivity index (χ2v) is 6.38. The van der Waals surface area contributed by atoms with Crippen molar-refractivity contribution < 1.29 is 0 Å². The predicted molar refractivity (Wildman–Crippen MR) is 88.7 cm³/mol. The Kier molecular flexibility index (Phi) is 3.17. The molecule has 3 heteroatoms. The molecule has 0 fully saturated rings. The molecule has 0 saturated heterocycles. The molecule has 2 aromatic heterocycles. The van der Waals surface area contributed by atoms with Gasteiger partial charge in [0.15, 0.2) is 0 Å². The minimum absolute atomic E-state index is 0.354. The lowest BCUT2D eigenvalue weighted by molar-refractivity contribution is 0.228. The van der Waals surface area contributed by atoms with Crippen LogP contribution in [0.25, 0.3) is 11.3 Å². The molecule has 21 heavy (non-hydrogen) atoms. The highest BCUT2D eigenvalue weighted by molar-refractivity contribution is 7.08. The van der Waals surface area contributed by atoms with Gasteiger partial charge in [-0.05, 0) is 36.2 Å². The van der Waals surface area contributed by atoms with E-state index in [0.29, 0.717) is 6.04 Å². The van der Waals surface area contributed by atoms with Crippen molar-refractivity contribution >= 4 is 11.3 Å². The van der Waals surface area contributed by atoms with Gasteiger partial charge in [0.2, 0.25) is 0 Å². The van der Waals surface area contributed by atoms with Crippen LogP contribution in [-0.4, -0.2) is 23.1 Å². The van der Waals surface area contributed by atoms with Crippen LogP contribution in [0, 0.1) is 0 Å². The fourth-order valence-corrected chi connectivity index (χ4v) is 3.96. The van der Waals surface area contributed by atoms with Crippen molar-refractivity contribution in [2.75, 3.05) is 13.6 Å². The van der Waals surface area contributed by atoms with Gasteiger partial charge >= 0.3 is 0 Å². The monoisotopic (exact) mass is 294 g/mol. The number of hydrogen-bond acceptors (Lipinski definition) is 2. The summed E-state index contributed by atoms with van der Waals surface area (Å²) in [7, 11) is 2.22. The van der Waals surface area contributed by atoms with Crippen LogP contribution in [0.2, 0.25) is 0 Å². The van der Waals surface area contributed by atoms with Crippen molar-refractivity contribution in [3.8, 4) is 11.3 Å². The van der Waals surface area contributed by atoms with Crippen molar-refractivity contribution in [3.63, 3.8) is 0 Å². The number of fused-ring (bicyclic) bond motifs is 1. The van der Waals surface area contributed by atoms with Crippen LogP contribution < -0.4 is 0 Å². The van der Waals surface area contributed by atoms with Crippen LogP contribution in [0.1, 0.15) is 17.3 Å². The maximum absolute atomic E-state index is 2.49. The van der Waals surface area contributed by atoms with Crippen molar-refractivity contribution in [2.24, 2.45) is 0 Å². The Labute approximate surface area is 129 Å². The Morgan fingerprint density at radius 2 is 1.86 bits per heavy atom. The molecule has 0 N–H and O–H groups in total. The lowest BCUT2D eigenvalue weighted by Gasteiger charge is -2.35. The first kappa shape index (κ1) is 12.9. The largest absolute Gasteiger partial charge is 0.341 e. The van der Waals surface area contributed by atoms with Gasteiger partial charge in [0.1, 0.15) is 0 Å². The summed E-state index contributed by atoms with van der Waals surface area (Å²) in [4.78, 5) is 2.45. The average Bonchev–Trinajstić information content (AvgIpc) is 3.16. The highest BCUT2D eigenvalue weighted by Crippen LogP contribution is 2.35. The molecule has 0 amide bonds. The van der Waals surface area contributed by atoms with Gasteiger partial charge in [0.05, 0.1) is 6.04 Å². The average molecular weight is 294 g/mol. The van der Waals surface area contributed by atoms with E-state index in [1.54, 1.807) is 11.3 Å². The molecule has 0 spiro atoms.